The molecule has 130 valence electrons. The standard InChI is InChI=1S/C17H15F2N3O2S/c1-3-24-17(23)10(2)25-16-13(8-20)12(15(18)19)7-14(22-16)11-5-4-6-21-9-11/h4-7,9-10,15H,3H2,1-2H3. The first kappa shape index (κ1) is 18.8. The maximum absolute atomic E-state index is 13.4. The van der Waals surface area contributed by atoms with Crippen LogP contribution in [0.2, 0.25) is 0 Å². The van der Waals surface area contributed by atoms with Gasteiger partial charge in [0.25, 0.3) is 6.43 Å². The van der Waals surface area contributed by atoms with Crippen molar-refractivity contribution in [3.8, 4) is 17.3 Å². The Bertz CT molecular complexity index is 794. The number of thioether (sulfide) groups is 1. The van der Waals surface area contributed by atoms with Gasteiger partial charge in [-0.05, 0) is 32.0 Å². The van der Waals surface area contributed by atoms with Crippen LogP contribution in [-0.4, -0.2) is 27.8 Å². The predicted molar refractivity (Wildman–Crippen MR) is 89.1 cm³/mol. The van der Waals surface area contributed by atoms with E-state index in [4.69, 9.17) is 4.74 Å². The Morgan fingerprint density at radius 3 is 2.80 bits per heavy atom. The highest BCUT2D eigenvalue weighted by Gasteiger charge is 2.24. The molecule has 0 bridgehead atoms. The SMILES string of the molecule is CCOC(=O)C(C)Sc1nc(-c2cccnc2)cc(C(F)F)c1C#N. The first-order chi connectivity index (χ1) is 12.0. The normalized spacial score (nSPS) is 11.8. The number of rotatable bonds is 6. The number of carbonyl (C=O) groups excluding carboxylic acids is 1. The van der Waals surface area contributed by atoms with Crippen molar-refractivity contribution < 1.29 is 18.3 Å². The fourth-order valence-electron chi connectivity index (χ4n) is 2.05. The largest absolute Gasteiger partial charge is 0.465 e. The van der Waals surface area contributed by atoms with Gasteiger partial charge in [-0.25, -0.2) is 13.8 Å². The molecule has 8 heteroatoms. The molecule has 2 aromatic heterocycles. The maximum atomic E-state index is 13.4. The molecule has 0 fully saturated rings. The molecule has 2 aromatic rings. The summed E-state index contributed by atoms with van der Waals surface area (Å²) in [5.74, 6) is -0.497. The molecule has 0 radical (unpaired) electrons. The molecule has 0 aliphatic heterocycles. The number of pyridine rings is 2. The lowest BCUT2D eigenvalue weighted by Gasteiger charge is -2.14. The minimum Gasteiger partial charge on any atom is -0.465 e. The van der Waals surface area contributed by atoms with Crippen molar-refractivity contribution >= 4 is 17.7 Å². The van der Waals surface area contributed by atoms with E-state index in [-0.39, 0.29) is 22.9 Å². The van der Waals surface area contributed by atoms with E-state index >= 15 is 0 Å². The van der Waals surface area contributed by atoms with Gasteiger partial charge in [-0.1, -0.05) is 11.8 Å². The van der Waals surface area contributed by atoms with Crippen molar-refractivity contribution in [1.82, 2.24) is 9.97 Å². The highest BCUT2D eigenvalue weighted by atomic mass is 32.2. The number of alkyl halides is 2. The van der Waals surface area contributed by atoms with E-state index in [0.29, 0.717) is 5.56 Å². The van der Waals surface area contributed by atoms with Crippen LogP contribution in [0.3, 0.4) is 0 Å². The Balaban J connectivity index is 2.51. The van der Waals surface area contributed by atoms with Crippen LogP contribution in [0.1, 0.15) is 31.4 Å². The third-order valence-electron chi connectivity index (χ3n) is 3.23. The van der Waals surface area contributed by atoms with Crippen molar-refractivity contribution in [2.24, 2.45) is 0 Å². The van der Waals surface area contributed by atoms with Crippen molar-refractivity contribution in [2.75, 3.05) is 6.61 Å². The van der Waals surface area contributed by atoms with Crippen LogP contribution in [-0.2, 0) is 9.53 Å². The van der Waals surface area contributed by atoms with Crippen molar-refractivity contribution in [3.05, 3.63) is 41.7 Å². The number of esters is 1. The zero-order valence-corrected chi connectivity index (χ0v) is 14.4. The van der Waals surface area contributed by atoms with Crippen LogP contribution in [0.25, 0.3) is 11.3 Å². The van der Waals surface area contributed by atoms with Gasteiger partial charge in [-0.15, -0.1) is 0 Å². The number of ether oxygens (including phenoxy) is 1. The molecule has 1 unspecified atom stereocenters. The third kappa shape index (κ3) is 4.51. The van der Waals surface area contributed by atoms with Crippen LogP contribution in [0.5, 0.6) is 0 Å². The Morgan fingerprint density at radius 2 is 2.24 bits per heavy atom. The monoisotopic (exact) mass is 363 g/mol. The number of nitrogens with zero attached hydrogens (tertiary/aromatic N) is 3. The number of hydrogen-bond donors (Lipinski definition) is 0. The minimum atomic E-state index is -2.84. The van der Waals surface area contributed by atoms with Gasteiger partial charge >= 0.3 is 5.97 Å². The van der Waals surface area contributed by atoms with Crippen LogP contribution in [0.4, 0.5) is 8.78 Å². The topological polar surface area (TPSA) is 75.9 Å². The van der Waals surface area contributed by atoms with Crippen LogP contribution in [0, 0.1) is 11.3 Å². The summed E-state index contributed by atoms with van der Waals surface area (Å²) >= 11 is 0.921. The minimum absolute atomic E-state index is 0.0692. The molecule has 0 N–H and O–H groups in total. The highest BCUT2D eigenvalue weighted by molar-refractivity contribution is 8.00. The lowest BCUT2D eigenvalue weighted by molar-refractivity contribution is -0.142. The summed E-state index contributed by atoms with van der Waals surface area (Å²) in [4.78, 5) is 20.1. The summed E-state index contributed by atoms with van der Waals surface area (Å²) in [6, 6.07) is 6.29. The molecule has 0 aromatic carbocycles. The van der Waals surface area contributed by atoms with Gasteiger partial charge in [0.15, 0.2) is 0 Å². The number of nitriles is 1. The molecule has 25 heavy (non-hydrogen) atoms. The molecule has 0 spiro atoms. The van der Waals surface area contributed by atoms with Crippen molar-refractivity contribution in [1.29, 1.82) is 5.26 Å². The summed E-state index contributed by atoms with van der Waals surface area (Å²) in [5, 5.41) is 8.68. The number of carbonyl (C=O) groups is 1. The lowest BCUT2D eigenvalue weighted by atomic mass is 10.1. The number of halogens is 2. The average Bonchev–Trinajstić information content (AvgIpc) is 2.61. The molecule has 0 aliphatic carbocycles. The molecule has 0 aliphatic rings. The zero-order chi connectivity index (χ0) is 18.4. The summed E-state index contributed by atoms with van der Waals surface area (Å²) in [6.07, 6.45) is 0.206. The zero-order valence-electron chi connectivity index (χ0n) is 13.6. The second kappa shape index (κ2) is 8.53. The van der Waals surface area contributed by atoms with E-state index in [2.05, 4.69) is 9.97 Å². The Morgan fingerprint density at radius 1 is 1.48 bits per heavy atom. The molecule has 1 atom stereocenters. The number of aromatic nitrogens is 2. The summed E-state index contributed by atoms with van der Waals surface area (Å²) < 4.78 is 31.7. The van der Waals surface area contributed by atoms with E-state index in [1.165, 1.54) is 12.3 Å². The quantitative estimate of drug-likeness (QED) is 0.570. The Labute approximate surface area is 148 Å². The van der Waals surface area contributed by atoms with E-state index in [1.54, 1.807) is 38.2 Å². The lowest BCUT2D eigenvalue weighted by Crippen LogP contribution is -2.17. The van der Waals surface area contributed by atoms with Gasteiger partial charge < -0.3 is 4.74 Å². The Kier molecular flexibility index (Phi) is 6.42. The first-order valence-corrected chi connectivity index (χ1v) is 8.32. The molecular formula is C17H15F2N3O2S. The fourth-order valence-corrected chi connectivity index (χ4v) is 2.98. The van der Waals surface area contributed by atoms with E-state index in [0.717, 1.165) is 11.8 Å². The first-order valence-electron chi connectivity index (χ1n) is 7.44. The van der Waals surface area contributed by atoms with E-state index in [1.807, 2.05) is 0 Å². The molecule has 2 rings (SSSR count). The molecule has 0 amide bonds. The molecular weight excluding hydrogens is 348 g/mol. The van der Waals surface area contributed by atoms with Crippen molar-refractivity contribution in [2.45, 2.75) is 30.5 Å². The second-order valence-electron chi connectivity index (χ2n) is 4.94. The number of hydrogen-bond acceptors (Lipinski definition) is 6. The summed E-state index contributed by atoms with van der Waals surface area (Å²) in [5.41, 5.74) is 0.152. The third-order valence-corrected chi connectivity index (χ3v) is 4.29. The molecule has 0 saturated heterocycles. The highest BCUT2D eigenvalue weighted by Crippen LogP contribution is 2.34. The van der Waals surface area contributed by atoms with Crippen LogP contribution in [0.15, 0.2) is 35.6 Å². The predicted octanol–water partition coefficient (Wildman–Crippen LogP) is 4.00. The molecule has 5 nitrogen and oxygen atoms in total. The van der Waals surface area contributed by atoms with Gasteiger partial charge in [-0.3, -0.25) is 9.78 Å². The van der Waals surface area contributed by atoms with E-state index in [9.17, 15) is 18.8 Å². The maximum Gasteiger partial charge on any atom is 0.319 e. The summed E-state index contributed by atoms with van der Waals surface area (Å²) in [6.45, 7) is 3.46. The average molecular weight is 363 g/mol. The van der Waals surface area contributed by atoms with Gasteiger partial charge in [0.05, 0.1) is 17.9 Å². The van der Waals surface area contributed by atoms with Gasteiger partial charge in [0.1, 0.15) is 16.3 Å². The summed E-state index contributed by atoms with van der Waals surface area (Å²) in [7, 11) is 0. The van der Waals surface area contributed by atoms with Crippen LogP contribution >= 0.6 is 11.8 Å². The van der Waals surface area contributed by atoms with Gasteiger partial charge in [-0.2, -0.15) is 5.26 Å². The molecule has 0 saturated carbocycles. The van der Waals surface area contributed by atoms with Gasteiger partial charge in [0.2, 0.25) is 0 Å². The van der Waals surface area contributed by atoms with E-state index < -0.39 is 23.2 Å². The van der Waals surface area contributed by atoms with Crippen molar-refractivity contribution in [3.63, 3.8) is 0 Å². The second-order valence-corrected chi connectivity index (χ2v) is 6.27. The molecule has 2 heterocycles. The van der Waals surface area contributed by atoms with Crippen LogP contribution < -0.4 is 0 Å². The fraction of sp³-hybridized carbons (Fsp3) is 0.294. The van der Waals surface area contributed by atoms with Gasteiger partial charge in [0, 0.05) is 23.5 Å². The Hall–Kier alpha value is -2.53. The smallest absolute Gasteiger partial charge is 0.319 e.